The summed E-state index contributed by atoms with van der Waals surface area (Å²) in [4.78, 5) is 46.7. The van der Waals surface area contributed by atoms with Gasteiger partial charge in [0, 0.05) is 31.6 Å². The SMILES string of the molecule is CC[C@H](C)[C@@H](C(=O)N[C@@H](Cc1ccccc1)[C@H](O)CN(CC1CCC1)S(=O)(=O)c1ccc(C=NO)cc1)N1CCN(Cc2csc(CNC(=O)O)n2)C1=O. The van der Waals surface area contributed by atoms with Gasteiger partial charge in [0.15, 0.2) is 0 Å². The molecule has 292 valence electrons. The van der Waals surface area contributed by atoms with Crippen LogP contribution >= 0.6 is 11.3 Å². The summed E-state index contributed by atoms with van der Waals surface area (Å²) in [5.41, 5.74) is 1.97. The highest BCUT2D eigenvalue weighted by molar-refractivity contribution is 7.89. The Morgan fingerprint density at radius 1 is 1.13 bits per heavy atom. The number of hydrogen-bond donors (Lipinski definition) is 5. The van der Waals surface area contributed by atoms with Crippen molar-refractivity contribution in [1.29, 1.82) is 0 Å². The highest BCUT2D eigenvalue weighted by atomic mass is 32.2. The molecule has 2 aliphatic rings. The minimum Gasteiger partial charge on any atom is -0.465 e. The fourth-order valence-corrected chi connectivity index (χ4v) is 8.98. The maximum absolute atomic E-state index is 14.3. The molecule has 4 atom stereocenters. The monoisotopic (exact) mass is 783 g/mol. The topological polar surface area (TPSA) is 205 Å². The molecule has 1 aliphatic heterocycles. The lowest BCUT2D eigenvalue weighted by Crippen LogP contribution is -2.57. The Morgan fingerprint density at radius 2 is 1.85 bits per heavy atom. The number of nitrogens with zero attached hydrogens (tertiary/aromatic N) is 5. The zero-order valence-corrected chi connectivity index (χ0v) is 32.1. The van der Waals surface area contributed by atoms with Gasteiger partial charge in [-0.15, -0.1) is 11.3 Å². The van der Waals surface area contributed by atoms with E-state index in [1.807, 2.05) is 44.2 Å². The molecular formula is C37H49N7O8S2. The predicted molar refractivity (Wildman–Crippen MR) is 203 cm³/mol. The molecule has 2 heterocycles. The van der Waals surface area contributed by atoms with Crippen molar-refractivity contribution in [1.82, 2.24) is 29.7 Å². The maximum atomic E-state index is 14.3. The molecule has 17 heteroatoms. The molecule has 2 fully saturated rings. The number of carbonyl (C=O) groups excluding carboxylic acids is 2. The Morgan fingerprint density at radius 3 is 2.48 bits per heavy atom. The first-order valence-corrected chi connectivity index (χ1v) is 20.5. The standard InChI is InChI=1S/C37H49N7O8S2/c1-3-25(2)34(44-17-16-42(37(44)49)22-29-24-53-33(40-29)20-38-36(47)48)35(46)41-31(18-26-8-5-4-6-9-26)32(45)23-43(21-28-10-7-11-28)54(51,52)30-14-12-27(13-15-30)19-39-50/h4-6,8-9,12-15,19,24-25,28,31-32,34,38,45,50H,3,7,10-11,16-18,20-23H2,1-2H3,(H,41,46)(H,47,48)/t25-,31-,32+,34-/m0/s1. The minimum atomic E-state index is -4.06. The molecule has 1 saturated heterocycles. The summed E-state index contributed by atoms with van der Waals surface area (Å²) in [6.45, 7) is 4.70. The van der Waals surface area contributed by atoms with Crippen LogP contribution in [0.15, 0.2) is 70.0 Å². The van der Waals surface area contributed by atoms with Crippen molar-refractivity contribution in [2.75, 3.05) is 26.2 Å². The number of aliphatic hydroxyl groups excluding tert-OH is 1. The summed E-state index contributed by atoms with van der Waals surface area (Å²) < 4.78 is 29.4. The van der Waals surface area contributed by atoms with Crippen molar-refractivity contribution >= 4 is 45.6 Å². The summed E-state index contributed by atoms with van der Waals surface area (Å²) in [7, 11) is -4.06. The number of aromatic nitrogens is 1. The Hall–Kier alpha value is -4.58. The fraction of sp³-hybridized carbons (Fsp3) is 0.486. The molecule has 54 heavy (non-hydrogen) atoms. The number of urea groups is 1. The summed E-state index contributed by atoms with van der Waals surface area (Å²) >= 11 is 1.29. The van der Waals surface area contributed by atoms with Crippen LogP contribution in [0.2, 0.25) is 0 Å². The summed E-state index contributed by atoms with van der Waals surface area (Å²) in [6, 6.07) is 13.2. The second kappa shape index (κ2) is 18.6. The molecule has 1 aliphatic carbocycles. The lowest BCUT2D eigenvalue weighted by molar-refractivity contribution is -0.128. The fourth-order valence-electron chi connectivity index (χ4n) is 6.72. The van der Waals surface area contributed by atoms with E-state index in [1.165, 1.54) is 46.1 Å². The molecule has 1 aromatic heterocycles. The van der Waals surface area contributed by atoms with Gasteiger partial charge in [-0.25, -0.2) is 23.0 Å². The van der Waals surface area contributed by atoms with Crippen LogP contribution in [0.25, 0.3) is 0 Å². The van der Waals surface area contributed by atoms with Crippen LogP contribution in [0.5, 0.6) is 0 Å². The molecule has 5 rings (SSSR count). The van der Waals surface area contributed by atoms with E-state index in [4.69, 9.17) is 10.3 Å². The molecule has 5 N–H and O–H groups in total. The van der Waals surface area contributed by atoms with E-state index in [1.54, 1.807) is 15.2 Å². The van der Waals surface area contributed by atoms with Crippen molar-refractivity contribution in [2.24, 2.45) is 17.0 Å². The largest absolute Gasteiger partial charge is 0.465 e. The molecule has 0 radical (unpaired) electrons. The van der Waals surface area contributed by atoms with Crippen molar-refractivity contribution < 1.29 is 38.2 Å². The zero-order valence-electron chi connectivity index (χ0n) is 30.5. The van der Waals surface area contributed by atoms with Crippen molar-refractivity contribution in [3.63, 3.8) is 0 Å². The first kappa shape index (κ1) is 40.6. The molecule has 0 spiro atoms. The van der Waals surface area contributed by atoms with Crippen LogP contribution in [-0.4, -0.2) is 112 Å². The van der Waals surface area contributed by atoms with E-state index >= 15 is 0 Å². The zero-order chi connectivity index (χ0) is 38.8. The number of carboxylic acid groups (broad SMARTS) is 1. The average Bonchev–Trinajstić information content (AvgIpc) is 3.74. The molecule has 0 bridgehead atoms. The van der Waals surface area contributed by atoms with Gasteiger partial charge in [-0.2, -0.15) is 4.31 Å². The molecule has 1 saturated carbocycles. The van der Waals surface area contributed by atoms with E-state index in [0.29, 0.717) is 35.8 Å². The number of sulfonamides is 1. The first-order chi connectivity index (χ1) is 25.9. The van der Waals surface area contributed by atoms with Crippen molar-refractivity contribution in [2.45, 2.75) is 82.1 Å². The van der Waals surface area contributed by atoms with Crippen LogP contribution < -0.4 is 10.6 Å². The number of benzene rings is 2. The van der Waals surface area contributed by atoms with Gasteiger partial charge in [-0.3, -0.25) is 4.79 Å². The molecule has 3 aromatic rings. The summed E-state index contributed by atoms with van der Waals surface area (Å²) in [6.07, 6.45) is 2.31. The van der Waals surface area contributed by atoms with Crippen LogP contribution in [0.3, 0.4) is 0 Å². The van der Waals surface area contributed by atoms with Gasteiger partial charge in [0.25, 0.3) is 0 Å². The molecule has 15 nitrogen and oxygen atoms in total. The van der Waals surface area contributed by atoms with Gasteiger partial charge in [0.1, 0.15) is 11.0 Å². The third-order valence-corrected chi connectivity index (χ3v) is 12.9. The highest BCUT2D eigenvalue weighted by Gasteiger charge is 2.41. The second-order valence-electron chi connectivity index (χ2n) is 13.9. The highest BCUT2D eigenvalue weighted by Crippen LogP contribution is 2.30. The quantitative estimate of drug-likeness (QED) is 0.0678. The van der Waals surface area contributed by atoms with Crippen molar-refractivity contribution in [3.05, 3.63) is 81.8 Å². The van der Waals surface area contributed by atoms with Gasteiger partial charge >= 0.3 is 12.1 Å². The summed E-state index contributed by atoms with van der Waals surface area (Å²) in [5, 5.41) is 40.3. The average molecular weight is 784 g/mol. The van der Waals surface area contributed by atoms with E-state index in [0.717, 1.165) is 24.8 Å². The number of rotatable bonds is 19. The Balaban J connectivity index is 1.35. The number of amides is 4. The number of aliphatic hydroxyl groups is 1. The van der Waals surface area contributed by atoms with E-state index < -0.39 is 40.2 Å². The van der Waals surface area contributed by atoms with E-state index in [-0.39, 0.29) is 55.4 Å². The van der Waals surface area contributed by atoms with Crippen LogP contribution in [0.4, 0.5) is 9.59 Å². The van der Waals surface area contributed by atoms with Crippen molar-refractivity contribution in [3.8, 4) is 0 Å². The number of thiazole rings is 1. The molecule has 4 amide bonds. The predicted octanol–water partition coefficient (Wildman–Crippen LogP) is 3.95. The lowest BCUT2D eigenvalue weighted by Gasteiger charge is -2.36. The third-order valence-electron chi connectivity index (χ3n) is 10.1. The normalized spacial score (nSPS) is 17.4. The van der Waals surface area contributed by atoms with Gasteiger partial charge in [0.05, 0.1) is 42.0 Å². The van der Waals surface area contributed by atoms with Crippen LogP contribution in [0.1, 0.15) is 61.4 Å². The lowest BCUT2D eigenvalue weighted by atomic mass is 9.85. The van der Waals surface area contributed by atoms with E-state index in [9.17, 15) is 27.9 Å². The number of nitrogens with one attached hydrogen (secondary N) is 2. The second-order valence-corrected chi connectivity index (χ2v) is 16.8. The van der Waals surface area contributed by atoms with Crippen LogP contribution in [0, 0.1) is 11.8 Å². The smallest absolute Gasteiger partial charge is 0.405 e. The van der Waals surface area contributed by atoms with E-state index in [2.05, 4.69) is 20.8 Å². The molecule has 2 aromatic carbocycles. The van der Waals surface area contributed by atoms with Gasteiger partial charge in [-0.05, 0) is 54.4 Å². The minimum absolute atomic E-state index is 0.0347. The molecule has 0 unspecified atom stereocenters. The maximum Gasteiger partial charge on any atom is 0.405 e. The number of hydrogen-bond acceptors (Lipinski definition) is 10. The third kappa shape index (κ3) is 10.3. The van der Waals surface area contributed by atoms with Gasteiger partial charge in [0.2, 0.25) is 15.9 Å². The number of oxime groups is 1. The number of carbonyl (C=O) groups is 3. The van der Waals surface area contributed by atoms with Crippen LogP contribution in [-0.2, 0) is 34.3 Å². The first-order valence-electron chi connectivity index (χ1n) is 18.1. The Bertz CT molecular complexity index is 1850. The van der Waals surface area contributed by atoms with Gasteiger partial charge < -0.3 is 35.9 Å². The molecular weight excluding hydrogens is 735 g/mol. The Kier molecular flexibility index (Phi) is 14.0. The Labute approximate surface area is 319 Å². The van der Waals surface area contributed by atoms with Gasteiger partial charge in [-0.1, -0.05) is 74.3 Å². The summed E-state index contributed by atoms with van der Waals surface area (Å²) in [5.74, 6) is -0.540.